The Morgan fingerprint density at radius 2 is 1.00 bits per heavy atom. The lowest BCUT2D eigenvalue weighted by atomic mass is 10.0. The first-order chi connectivity index (χ1) is 14.0. The van der Waals surface area contributed by atoms with Crippen molar-refractivity contribution in [1.29, 1.82) is 0 Å². The average molecular weight is 490 g/mol. The molecule has 1 aliphatic heterocycles. The maximum atomic E-state index is 11.7. The van der Waals surface area contributed by atoms with E-state index in [0.29, 0.717) is 19.4 Å². The first kappa shape index (κ1) is 29.6. The molecule has 30 heavy (non-hydrogen) atoms. The van der Waals surface area contributed by atoms with Gasteiger partial charge < -0.3 is 21.5 Å². The van der Waals surface area contributed by atoms with Gasteiger partial charge in [-0.25, -0.2) is 0 Å². The summed E-state index contributed by atoms with van der Waals surface area (Å²) in [6.07, 6.45) is 21.3. The Kier molecular flexibility index (Phi) is 17.9. The second-order valence-corrected chi connectivity index (χ2v) is 9.77. The van der Waals surface area contributed by atoms with Gasteiger partial charge in [0.05, 0.1) is 27.2 Å². The Labute approximate surface area is 197 Å². The van der Waals surface area contributed by atoms with Crippen molar-refractivity contribution >= 4 is 11.8 Å². The highest BCUT2D eigenvalue weighted by Gasteiger charge is 2.28. The van der Waals surface area contributed by atoms with Crippen LogP contribution >= 0.6 is 0 Å². The van der Waals surface area contributed by atoms with Gasteiger partial charge in [0, 0.05) is 25.8 Å². The van der Waals surface area contributed by atoms with Gasteiger partial charge in [0.25, 0.3) is 0 Å². The monoisotopic (exact) mass is 488 g/mol. The van der Waals surface area contributed by atoms with Crippen LogP contribution in [-0.4, -0.2) is 54.9 Å². The van der Waals surface area contributed by atoms with Gasteiger partial charge in [0.1, 0.15) is 0 Å². The molecule has 0 unspecified atom stereocenters. The molecule has 1 aliphatic rings. The molecule has 0 N–H and O–H groups in total. The molecule has 1 heterocycles. The van der Waals surface area contributed by atoms with Gasteiger partial charge in [0.2, 0.25) is 11.8 Å². The maximum absolute atomic E-state index is 11.7. The van der Waals surface area contributed by atoms with Crippen molar-refractivity contribution < 1.29 is 31.1 Å². The molecule has 0 bridgehead atoms. The fraction of sp³-hybridized carbons (Fsp3) is 0.920. The van der Waals surface area contributed by atoms with Gasteiger partial charge in [-0.15, -0.1) is 0 Å². The topological polar surface area (TPSA) is 37.4 Å². The Bertz CT molecular complexity index is 438. The SMILES string of the molecule is CCCCCCCCCCCCCCCC[N+](C)(C)CCCN1C(=O)CCC1=O.[Br-]. The van der Waals surface area contributed by atoms with E-state index in [1.165, 1.54) is 101 Å². The minimum Gasteiger partial charge on any atom is -1.00 e. The van der Waals surface area contributed by atoms with Crippen molar-refractivity contribution in [3.8, 4) is 0 Å². The van der Waals surface area contributed by atoms with Crippen molar-refractivity contribution in [2.24, 2.45) is 0 Å². The highest BCUT2D eigenvalue weighted by atomic mass is 79.9. The molecule has 2 amide bonds. The van der Waals surface area contributed by atoms with E-state index in [0.717, 1.165) is 17.4 Å². The molecule has 1 saturated heterocycles. The van der Waals surface area contributed by atoms with Crippen molar-refractivity contribution in [2.75, 3.05) is 33.7 Å². The third-order valence-corrected chi connectivity index (χ3v) is 6.42. The van der Waals surface area contributed by atoms with Crippen LogP contribution in [0.1, 0.15) is 116 Å². The molecule has 0 saturated carbocycles. The van der Waals surface area contributed by atoms with Crippen molar-refractivity contribution in [1.82, 2.24) is 4.90 Å². The molecule has 0 radical (unpaired) electrons. The van der Waals surface area contributed by atoms with Crippen LogP contribution in [0.3, 0.4) is 0 Å². The first-order valence-electron chi connectivity index (χ1n) is 12.6. The third kappa shape index (κ3) is 14.6. The number of unbranched alkanes of at least 4 members (excludes halogenated alkanes) is 13. The zero-order chi connectivity index (χ0) is 21.4. The zero-order valence-electron chi connectivity index (χ0n) is 20.2. The molecular weight excluding hydrogens is 440 g/mol. The van der Waals surface area contributed by atoms with E-state index < -0.39 is 0 Å². The smallest absolute Gasteiger partial charge is 0.229 e. The van der Waals surface area contributed by atoms with Crippen LogP contribution in [0.4, 0.5) is 0 Å². The van der Waals surface area contributed by atoms with E-state index in [1.54, 1.807) is 0 Å². The van der Waals surface area contributed by atoms with E-state index in [1.807, 2.05) is 0 Å². The van der Waals surface area contributed by atoms with Gasteiger partial charge in [-0.3, -0.25) is 14.5 Å². The predicted molar refractivity (Wildman–Crippen MR) is 123 cm³/mol. The van der Waals surface area contributed by atoms with Crippen molar-refractivity contribution in [2.45, 2.75) is 116 Å². The van der Waals surface area contributed by atoms with E-state index >= 15 is 0 Å². The van der Waals surface area contributed by atoms with Crippen LogP contribution in [0.25, 0.3) is 0 Å². The van der Waals surface area contributed by atoms with E-state index in [4.69, 9.17) is 0 Å². The summed E-state index contributed by atoms with van der Waals surface area (Å²) in [7, 11) is 4.55. The summed E-state index contributed by atoms with van der Waals surface area (Å²) in [5, 5.41) is 0. The molecule has 0 aromatic rings. The van der Waals surface area contributed by atoms with E-state index in [9.17, 15) is 9.59 Å². The highest BCUT2D eigenvalue weighted by molar-refractivity contribution is 6.01. The predicted octanol–water partition coefficient (Wildman–Crippen LogP) is 3.09. The van der Waals surface area contributed by atoms with Crippen LogP contribution in [0.2, 0.25) is 0 Å². The second-order valence-electron chi connectivity index (χ2n) is 9.77. The van der Waals surface area contributed by atoms with Gasteiger partial charge in [0.15, 0.2) is 0 Å². The second kappa shape index (κ2) is 18.2. The number of imide groups is 1. The van der Waals surface area contributed by atoms with E-state index in [2.05, 4.69) is 21.0 Å². The molecule has 4 nitrogen and oxygen atoms in total. The molecule has 0 atom stereocenters. The zero-order valence-corrected chi connectivity index (χ0v) is 21.8. The van der Waals surface area contributed by atoms with Crippen molar-refractivity contribution in [3.63, 3.8) is 0 Å². The number of amides is 2. The number of halogens is 1. The van der Waals surface area contributed by atoms with Gasteiger partial charge in [-0.1, -0.05) is 84.0 Å². The summed E-state index contributed by atoms with van der Waals surface area (Å²) in [6, 6.07) is 0. The molecule has 5 heteroatoms. The Morgan fingerprint density at radius 1 is 0.633 bits per heavy atom. The van der Waals surface area contributed by atoms with Crippen LogP contribution < -0.4 is 17.0 Å². The fourth-order valence-electron chi connectivity index (χ4n) is 4.38. The van der Waals surface area contributed by atoms with E-state index in [-0.39, 0.29) is 28.8 Å². The molecule has 0 aromatic carbocycles. The van der Waals surface area contributed by atoms with Crippen LogP contribution in [0.5, 0.6) is 0 Å². The summed E-state index contributed by atoms with van der Waals surface area (Å²) >= 11 is 0. The van der Waals surface area contributed by atoms with Crippen LogP contribution in [0, 0.1) is 0 Å². The molecule has 1 rings (SSSR count). The summed E-state index contributed by atoms with van der Waals surface area (Å²) in [6.45, 7) is 5.12. The van der Waals surface area contributed by atoms with Gasteiger partial charge in [-0.05, 0) is 12.8 Å². The van der Waals surface area contributed by atoms with Crippen LogP contribution in [0.15, 0.2) is 0 Å². The number of hydrogen-bond donors (Lipinski definition) is 0. The number of carbonyl (C=O) groups is 2. The summed E-state index contributed by atoms with van der Waals surface area (Å²) in [4.78, 5) is 24.8. The summed E-state index contributed by atoms with van der Waals surface area (Å²) in [5.74, 6) is 0.0413. The maximum Gasteiger partial charge on any atom is 0.229 e. The van der Waals surface area contributed by atoms with Crippen molar-refractivity contribution in [3.05, 3.63) is 0 Å². The largest absolute Gasteiger partial charge is 1.00 e. The molecule has 0 aliphatic carbocycles. The standard InChI is InChI=1S/C25H49N2O2.BrH/c1-4-5-6-7-8-9-10-11-12-13-14-15-16-17-22-27(2,3)23-18-21-26-24(28)19-20-25(26)29;/h4-23H2,1-3H3;1H/q+1;/p-1. The van der Waals surface area contributed by atoms with Crippen LogP contribution in [-0.2, 0) is 9.59 Å². The van der Waals surface area contributed by atoms with Gasteiger partial charge >= 0.3 is 0 Å². The average Bonchev–Trinajstić information content (AvgIpc) is 3.00. The normalized spacial score (nSPS) is 14.4. The number of nitrogens with zero attached hydrogens (tertiary/aromatic N) is 2. The minimum absolute atomic E-state index is 0. The molecule has 0 spiro atoms. The highest BCUT2D eigenvalue weighted by Crippen LogP contribution is 2.15. The Hall–Kier alpha value is -0.420. The summed E-state index contributed by atoms with van der Waals surface area (Å²) < 4.78 is 0.995. The quantitative estimate of drug-likeness (QED) is 0.159. The number of carbonyl (C=O) groups excluding carboxylic acids is 2. The Balaban J connectivity index is 0.00000841. The fourth-order valence-corrected chi connectivity index (χ4v) is 4.38. The number of hydrogen-bond acceptors (Lipinski definition) is 2. The number of likely N-dealkylation sites (tertiary alicyclic amines) is 1. The molecule has 178 valence electrons. The minimum atomic E-state index is 0. The number of quaternary nitrogens is 1. The lowest BCUT2D eigenvalue weighted by Gasteiger charge is -2.30. The molecule has 1 fully saturated rings. The van der Waals surface area contributed by atoms with Gasteiger partial charge in [-0.2, -0.15) is 0 Å². The number of rotatable bonds is 19. The molecular formula is C25H49BrN2O2. The molecule has 0 aromatic heterocycles. The third-order valence-electron chi connectivity index (χ3n) is 6.42. The lowest BCUT2D eigenvalue weighted by Crippen LogP contribution is -3.00. The Morgan fingerprint density at radius 3 is 1.43 bits per heavy atom. The lowest BCUT2D eigenvalue weighted by molar-refractivity contribution is -0.890. The first-order valence-corrected chi connectivity index (χ1v) is 12.6. The summed E-state index contributed by atoms with van der Waals surface area (Å²) in [5.41, 5.74) is 0.